The van der Waals surface area contributed by atoms with Gasteiger partial charge in [-0.05, 0) is 31.4 Å². The largest absolute Gasteiger partial charge is 0.373 e. The Bertz CT molecular complexity index is 395. The molecule has 0 unspecified atom stereocenters. The molecule has 2 aliphatic heterocycles. The molecule has 1 N–H and O–H groups in total. The van der Waals surface area contributed by atoms with E-state index in [-0.39, 0.29) is 18.1 Å². The van der Waals surface area contributed by atoms with Gasteiger partial charge in [0, 0.05) is 6.20 Å². The van der Waals surface area contributed by atoms with E-state index < -0.39 is 0 Å². The van der Waals surface area contributed by atoms with Crippen LogP contribution in [0.25, 0.3) is 0 Å². The first kappa shape index (κ1) is 9.72. The Balaban J connectivity index is 1.65. The second kappa shape index (κ2) is 3.83. The minimum absolute atomic E-state index is 0.147. The highest BCUT2D eigenvalue weighted by Gasteiger charge is 2.41. The molecular weight excluding hydrogens is 206 g/mol. The maximum absolute atomic E-state index is 11.8. The van der Waals surface area contributed by atoms with E-state index in [0.29, 0.717) is 11.8 Å². The second-order valence-electron chi connectivity index (χ2n) is 4.30. The van der Waals surface area contributed by atoms with Crippen molar-refractivity contribution in [1.29, 1.82) is 0 Å². The summed E-state index contributed by atoms with van der Waals surface area (Å²) in [6.07, 6.45) is 5.20. The first-order valence-electron chi connectivity index (χ1n) is 5.57. The Hall–Kier alpha value is -1.49. The fraction of sp³-hybridized carbons (Fsp3) is 0.545. The average molecular weight is 219 g/mol. The van der Waals surface area contributed by atoms with Crippen LogP contribution in [0.5, 0.6) is 0 Å². The molecule has 16 heavy (non-hydrogen) atoms. The van der Waals surface area contributed by atoms with Gasteiger partial charge in [0.25, 0.3) is 5.91 Å². The van der Waals surface area contributed by atoms with Gasteiger partial charge in [0.05, 0.1) is 18.2 Å². The molecule has 0 saturated carbocycles. The molecule has 3 atom stereocenters. The highest BCUT2D eigenvalue weighted by Crippen LogP contribution is 2.34. The van der Waals surface area contributed by atoms with Gasteiger partial charge < -0.3 is 10.1 Å². The number of amides is 1. The van der Waals surface area contributed by atoms with Gasteiger partial charge in [-0.2, -0.15) is 5.10 Å². The zero-order chi connectivity index (χ0) is 11.0. The number of nitrogens with one attached hydrogen (secondary N) is 1. The first-order chi connectivity index (χ1) is 7.83. The van der Waals surface area contributed by atoms with E-state index in [1.54, 1.807) is 18.3 Å². The molecule has 84 valence electrons. The van der Waals surface area contributed by atoms with E-state index in [9.17, 15) is 4.79 Å². The number of carbonyl (C=O) groups excluding carboxylic acids is 1. The quantitative estimate of drug-likeness (QED) is 0.788. The SMILES string of the molecule is O=C(N[C@H]1C[C@H]2CC[C@H]1O2)c1cccnn1. The fourth-order valence-corrected chi connectivity index (χ4v) is 2.45. The summed E-state index contributed by atoms with van der Waals surface area (Å²) in [4.78, 5) is 11.8. The van der Waals surface area contributed by atoms with Gasteiger partial charge in [0.2, 0.25) is 0 Å². The van der Waals surface area contributed by atoms with E-state index in [4.69, 9.17) is 4.74 Å². The van der Waals surface area contributed by atoms with E-state index in [0.717, 1.165) is 19.3 Å². The maximum Gasteiger partial charge on any atom is 0.272 e. The second-order valence-corrected chi connectivity index (χ2v) is 4.30. The number of aromatic nitrogens is 2. The van der Waals surface area contributed by atoms with Gasteiger partial charge in [-0.1, -0.05) is 0 Å². The van der Waals surface area contributed by atoms with Gasteiger partial charge in [-0.3, -0.25) is 4.79 Å². The minimum atomic E-state index is -0.158. The predicted molar refractivity (Wildman–Crippen MR) is 55.8 cm³/mol. The third-order valence-corrected chi connectivity index (χ3v) is 3.23. The number of hydrogen-bond acceptors (Lipinski definition) is 4. The van der Waals surface area contributed by atoms with Crippen LogP contribution in [0.4, 0.5) is 0 Å². The molecule has 0 spiro atoms. The number of rotatable bonds is 2. The van der Waals surface area contributed by atoms with Crippen molar-refractivity contribution in [3.8, 4) is 0 Å². The lowest BCUT2D eigenvalue weighted by Gasteiger charge is -2.19. The Kier molecular flexibility index (Phi) is 2.32. The van der Waals surface area contributed by atoms with E-state index in [1.165, 1.54) is 0 Å². The van der Waals surface area contributed by atoms with Crippen LogP contribution in [0.1, 0.15) is 29.8 Å². The fourth-order valence-electron chi connectivity index (χ4n) is 2.45. The van der Waals surface area contributed by atoms with Crippen LogP contribution < -0.4 is 5.32 Å². The lowest BCUT2D eigenvalue weighted by Crippen LogP contribution is -2.41. The summed E-state index contributed by atoms with van der Waals surface area (Å²) in [5.41, 5.74) is 0.366. The van der Waals surface area contributed by atoms with E-state index >= 15 is 0 Å². The predicted octanol–water partition coefficient (Wildman–Crippen LogP) is 0.526. The first-order valence-corrected chi connectivity index (χ1v) is 5.57. The van der Waals surface area contributed by atoms with Crippen molar-refractivity contribution in [2.75, 3.05) is 0 Å². The normalized spacial score (nSPS) is 31.6. The minimum Gasteiger partial charge on any atom is -0.373 e. The number of fused-ring (bicyclic) bond motifs is 2. The van der Waals surface area contributed by atoms with Gasteiger partial charge in [-0.25, -0.2) is 0 Å². The monoisotopic (exact) mass is 219 g/mol. The van der Waals surface area contributed by atoms with Crippen LogP contribution >= 0.6 is 0 Å². The molecule has 2 aliphatic rings. The Morgan fingerprint density at radius 3 is 3.06 bits per heavy atom. The summed E-state index contributed by atoms with van der Waals surface area (Å²) in [5, 5.41) is 10.4. The third-order valence-electron chi connectivity index (χ3n) is 3.23. The molecule has 0 aliphatic carbocycles. The van der Waals surface area contributed by atoms with E-state index in [1.807, 2.05) is 0 Å². The van der Waals surface area contributed by atoms with Gasteiger partial charge in [0.15, 0.2) is 5.69 Å². The molecule has 0 aromatic carbocycles. The van der Waals surface area contributed by atoms with Crippen molar-refractivity contribution >= 4 is 5.91 Å². The summed E-state index contributed by atoms with van der Waals surface area (Å²) < 4.78 is 5.67. The van der Waals surface area contributed by atoms with Crippen LogP contribution in [0, 0.1) is 0 Å². The van der Waals surface area contributed by atoms with Gasteiger partial charge >= 0.3 is 0 Å². The van der Waals surface area contributed by atoms with Crippen molar-refractivity contribution in [2.45, 2.75) is 37.5 Å². The van der Waals surface area contributed by atoms with Crippen LogP contribution in [0.15, 0.2) is 18.3 Å². The Morgan fingerprint density at radius 1 is 1.50 bits per heavy atom. The summed E-state index contributed by atoms with van der Waals surface area (Å²) in [6, 6.07) is 3.52. The topological polar surface area (TPSA) is 64.1 Å². The number of hydrogen-bond donors (Lipinski definition) is 1. The standard InChI is InChI=1S/C11H13N3O2/c15-11(8-2-1-5-12-14-8)13-9-6-7-3-4-10(9)16-7/h1-2,5,7,9-10H,3-4,6H2,(H,13,15)/t7-,9+,10-/m1/s1. The Labute approximate surface area is 93.2 Å². The highest BCUT2D eigenvalue weighted by atomic mass is 16.5. The lowest BCUT2D eigenvalue weighted by atomic mass is 9.95. The number of carbonyl (C=O) groups is 1. The third kappa shape index (κ3) is 1.67. The smallest absolute Gasteiger partial charge is 0.272 e. The molecular formula is C11H13N3O2. The zero-order valence-electron chi connectivity index (χ0n) is 8.80. The molecule has 3 rings (SSSR count). The molecule has 2 saturated heterocycles. The van der Waals surface area contributed by atoms with Crippen LogP contribution in [-0.4, -0.2) is 34.4 Å². The maximum atomic E-state index is 11.8. The zero-order valence-corrected chi connectivity index (χ0v) is 8.80. The van der Waals surface area contributed by atoms with Crippen molar-refractivity contribution in [3.05, 3.63) is 24.0 Å². The van der Waals surface area contributed by atoms with Crippen molar-refractivity contribution in [3.63, 3.8) is 0 Å². The molecule has 1 aromatic rings. The summed E-state index contributed by atoms with van der Waals surface area (Å²) in [7, 11) is 0. The van der Waals surface area contributed by atoms with Crippen LogP contribution in [0.2, 0.25) is 0 Å². The molecule has 5 nitrogen and oxygen atoms in total. The summed E-state index contributed by atoms with van der Waals surface area (Å²) in [6.45, 7) is 0. The van der Waals surface area contributed by atoms with Crippen molar-refractivity contribution < 1.29 is 9.53 Å². The van der Waals surface area contributed by atoms with Crippen LogP contribution in [0.3, 0.4) is 0 Å². The molecule has 5 heteroatoms. The summed E-state index contributed by atoms with van der Waals surface area (Å²) in [5.74, 6) is -0.158. The molecule has 0 radical (unpaired) electrons. The molecule has 2 fully saturated rings. The highest BCUT2D eigenvalue weighted by molar-refractivity contribution is 5.92. The summed E-state index contributed by atoms with van der Waals surface area (Å²) >= 11 is 0. The molecule has 2 bridgehead atoms. The van der Waals surface area contributed by atoms with Crippen molar-refractivity contribution in [2.24, 2.45) is 0 Å². The number of nitrogens with zero attached hydrogens (tertiary/aromatic N) is 2. The number of ether oxygens (including phenoxy) is 1. The van der Waals surface area contributed by atoms with Gasteiger partial charge in [-0.15, -0.1) is 5.10 Å². The van der Waals surface area contributed by atoms with E-state index in [2.05, 4.69) is 15.5 Å². The average Bonchev–Trinajstić information content (AvgIpc) is 2.92. The molecule has 1 amide bonds. The Morgan fingerprint density at radius 2 is 2.44 bits per heavy atom. The van der Waals surface area contributed by atoms with Gasteiger partial charge in [0.1, 0.15) is 0 Å². The molecule has 1 aromatic heterocycles. The van der Waals surface area contributed by atoms with Crippen molar-refractivity contribution in [1.82, 2.24) is 15.5 Å². The van der Waals surface area contributed by atoms with Crippen LogP contribution in [-0.2, 0) is 4.74 Å². The molecule has 3 heterocycles. The lowest BCUT2D eigenvalue weighted by molar-refractivity contribution is 0.0836.